The van der Waals surface area contributed by atoms with Crippen LogP contribution in [0.25, 0.3) is 0 Å². The van der Waals surface area contributed by atoms with Crippen molar-refractivity contribution >= 4 is 34.4 Å². The standard InChI is InChI=1S/C6H7ClN2OS/c1-2-8-6-9-5(7)4(3-10)11-6/h3H,2H2,1H3,(H,8,9). The molecule has 0 amide bonds. The molecule has 60 valence electrons. The summed E-state index contributed by atoms with van der Waals surface area (Å²) in [4.78, 5) is 14.7. The molecule has 0 aliphatic carbocycles. The molecule has 0 radical (unpaired) electrons. The van der Waals surface area contributed by atoms with E-state index in [9.17, 15) is 4.79 Å². The molecule has 1 rings (SSSR count). The Morgan fingerprint density at radius 2 is 2.55 bits per heavy atom. The van der Waals surface area contributed by atoms with Gasteiger partial charge in [0.15, 0.2) is 16.6 Å². The van der Waals surface area contributed by atoms with Gasteiger partial charge < -0.3 is 5.32 Å². The van der Waals surface area contributed by atoms with Crippen LogP contribution in [0.4, 0.5) is 5.13 Å². The number of aldehydes is 1. The summed E-state index contributed by atoms with van der Waals surface area (Å²) in [5.41, 5.74) is 0. The molecule has 0 fully saturated rings. The molecule has 1 aromatic heterocycles. The molecule has 0 spiro atoms. The number of hydrogen-bond donors (Lipinski definition) is 1. The normalized spacial score (nSPS) is 9.64. The van der Waals surface area contributed by atoms with E-state index in [1.165, 1.54) is 11.3 Å². The van der Waals surface area contributed by atoms with Gasteiger partial charge in [-0.25, -0.2) is 4.98 Å². The van der Waals surface area contributed by atoms with Gasteiger partial charge in [0.2, 0.25) is 0 Å². The van der Waals surface area contributed by atoms with Crippen LogP contribution in [-0.4, -0.2) is 17.8 Å². The van der Waals surface area contributed by atoms with E-state index in [-0.39, 0.29) is 5.15 Å². The van der Waals surface area contributed by atoms with E-state index in [2.05, 4.69) is 10.3 Å². The first-order valence-corrected chi connectivity index (χ1v) is 4.32. The minimum absolute atomic E-state index is 0.279. The molecular weight excluding hydrogens is 184 g/mol. The Bertz CT molecular complexity index is 261. The van der Waals surface area contributed by atoms with Gasteiger partial charge in [0, 0.05) is 6.54 Å². The third-order valence-corrected chi connectivity index (χ3v) is 2.38. The van der Waals surface area contributed by atoms with Crippen LogP contribution in [0.2, 0.25) is 5.15 Å². The van der Waals surface area contributed by atoms with E-state index in [4.69, 9.17) is 11.6 Å². The lowest BCUT2D eigenvalue weighted by Crippen LogP contribution is -1.94. The van der Waals surface area contributed by atoms with E-state index >= 15 is 0 Å². The fourth-order valence-corrected chi connectivity index (χ4v) is 1.65. The van der Waals surface area contributed by atoms with Gasteiger partial charge in [-0.1, -0.05) is 22.9 Å². The molecular formula is C6H7ClN2OS. The quantitative estimate of drug-likeness (QED) is 0.742. The highest BCUT2D eigenvalue weighted by Gasteiger charge is 2.06. The van der Waals surface area contributed by atoms with Crippen molar-refractivity contribution in [3.63, 3.8) is 0 Å². The maximum Gasteiger partial charge on any atom is 0.184 e. The lowest BCUT2D eigenvalue weighted by Gasteiger charge is -1.91. The smallest absolute Gasteiger partial charge is 0.184 e. The van der Waals surface area contributed by atoms with E-state index in [0.717, 1.165) is 6.54 Å². The highest BCUT2D eigenvalue weighted by Crippen LogP contribution is 2.24. The number of halogens is 1. The van der Waals surface area contributed by atoms with Crippen LogP contribution < -0.4 is 5.32 Å². The Balaban J connectivity index is 2.86. The summed E-state index contributed by atoms with van der Waals surface area (Å²) < 4.78 is 0. The van der Waals surface area contributed by atoms with Gasteiger partial charge in [0.25, 0.3) is 0 Å². The molecule has 0 aliphatic heterocycles. The number of nitrogens with one attached hydrogen (secondary N) is 1. The molecule has 5 heteroatoms. The average Bonchev–Trinajstić information content (AvgIpc) is 2.32. The molecule has 0 saturated heterocycles. The number of carbonyl (C=O) groups excluding carboxylic acids is 1. The van der Waals surface area contributed by atoms with Gasteiger partial charge in [0.05, 0.1) is 0 Å². The molecule has 0 saturated carbocycles. The second-order valence-corrected chi connectivity index (χ2v) is 3.21. The molecule has 3 nitrogen and oxygen atoms in total. The number of rotatable bonds is 3. The minimum Gasteiger partial charge on any atom is -0.362 e. The first-order valence-electron chi connectivity index (χ1n) is 3.13. The third-order valence-electron chi connectivity index (χ3n) is 1.04. The van der Waals surface area contributed by atoms with Crippen LogP contribution in [0.15, 0.2) is 0 Å². The van der Waals surface area contributed by atoms with Crippen molar-refractivity contribution in [1.29, 1.82) is 0 Å². The number of nitrogens with zero attached hydrogens (tertiary/aromatic N) is 1. The molecule has 1 N–H and O–H groups in total. The number of carbonyl (C=O) groups is 1. The predicted molar refractivity (Wildman–Crippen MR) is 46.7 cm³/mol. The summed E-state index contributed by atoms with van der Waals surface area (Å²) in [5.74, 6) is 0. The SMILES string of the molecule is CCNc1nc(Cl)c(C=O)s1. The Labute approximate surface area is 73.4 Å². The fraction of sp³-hybridized carbons (Fsp3) is 0.333. The summed E-state index contributed by atoms with van der Waals surface area (Å²) in [6.45, 7) is 2.73. The van der Waals surface area contributed by atoms with Crippen molar-refractivity contribution in [2.24, 2.45) is 0 Å². The first-order chi connectivity index (χ1) is 5.27. The zero-order valence-electron chi connectivity index (χ0n) is 5.93. The van der Waals surface area contributed by atoms with Crippen LogP contribution in [0, 0.1) is 0 Å². The third kappa shape index (κ3) is 1.91. The van der Waals surface area contributed by atoms with Gasteiger partial charge in [-0.15, -0.1) is 0 Å². The Morgan fingerprint density at radius 3 is 3.00 bits per heavy atom. The van der Waals surface area contributed by atoms with Gasteiger partial charge >= 0.3 is 0 Å². The topological polar surface area (TPSA) is 42.0 Å². The summed E-state index contributed by atoms with van der Waals surface area (Å²) >= 11 is 6.87. The first kappa shape index (κ1) is 8.49. The van der Waals surface area contributed by atoms with Crippen molar-refractivity contribution in [2.45, 2.75) is 6.92 Å². The summed E-state index contributed by atoms with van der Waals surface area (Å²) in [5, 5.41) is 3.94. The highest BCUT2D eigenvalue weighted by atomic mass is 35.5. The van der Waals surface area contributed by atoms with Crippen LogP contribution in [0.1, 0.15) is 16.6 Å². The second-order valence-electron chi connectivity index (χ2n) is 1.82. The van der Waals surface area contributed by atoms with Crippen molar-refractivity contribution in [3.05, 3.63) is 10.0 Å². The summed E-state index contributed by atoms with van der Waals surface area (Å²) in [6, 6.07) is 0. The van der Waals surface area contributed by atoms with Gasteiger partial charge in [0.1, 0.15) is 4.88 Å². The van der Waals surface area contributed by atoms with Crippen molar-refractivity contribution in [3.8, 4) is 0 Å². The zero-order valence-corrected chi connectivity index (χ0v) is 7.50. The van der Waals surface area contributed by atoms with E-state index in [1.54, 1.807) is 0 Å². The molecule has 0 atom stereocenters. The van der Waals surface area contributed by atoms with Crippen molar-refractivity contribution < 1.29 is 4.79 Å². The van der Waals surface area contributed by atoms with E-state index in [1.807, 2.05) is 6.92 Å². The van der Waals surface area contributed by atoms with Crippen LogP contribution >= 0.6 is 22.9 Å². The Kier molecular flexibility index (Phi) is 2.84. The Morgan fingerprint density at radius 1 is 1.82 bits per heavy atom. The van der Waals surface area contributed by atoms with Gasteiger partial charge in [-0.05, 0) is 6.92 Å². The van der Waals surface area contributed by atoms with Gasteiger partial charge in [-0.3, -0.25) is 4.79 Å². The maximum atomic E-state index is 10.3. The molecule has 0 bridgehead atoms. The monoisotopic (exact) mass is 190 g/mol. The lowest BCUT2D eigenvalue weighted by molar-refractivity contribution is 0.112. The molecule has 11 heavy (non-hydrogen) atoms. The van der Waals surface area contributed by atoms with Crippen LogP contribution in [0.5, 0.6) is 0 Å². The van der Waals surface area contributed by atoms with E-state index < -0.39 is 0 Å². The van der Waals surface area contributed by atoms with Gasteiger partial charge in [-0.2, -0.15) is 0 Å². The largest absolute Gasteiger partial charge is 0.362 e. The molecule has 1 aromatic rings. The summed E-state index contributed by atoms with van der Waals surface area (Å²) in [6.07, 6.45) is 0.709. The van der Waals surface area contributed by atoms with Crippen LogP contribution in [0.3, 0.4) is 0 Å². The lowest BCUT2D eigenvalue weighted by atomic mass is 10.6. The van der Waals surface area contributed by atoms with Crippen LogP contribution in [-0.2, 0) is 0 Å². The second kappa shape index (κ2) is 3.69. The number of anilines is 1. The average molecular weight is 191 g/mol. The maximum absolute atomic E-state index is 10.3. The zero-order chi connectivity index (χ0) is 8.27. The molecule has 1 heterocycles. The number of thiazole rings is 1. The minimum atomic E-state index is 0.279. The predicted octanol–water partition coefficient (Wildman–Crippen LogP) is 2.04. The molecule has 0 aromatic carbocycles. The van der Waals surface area contributed by atoms with Crippen molar-refractivity contribution in [1.82, 2.24) is 4.98 Å². The molecule has 0 unspecified atom stereocenters. The van der Waals surface area contributed by atoms with E-state index in [0.29, 0.717) is 16.3 Å². The summed E-state index contributed by atoms with van der Waals surface area (Å²) in [7, 11) is 0. The number of hydrogen-bond acceptors (Lipinski definition) is 4. The van der Waals surface area contributed by atoms with Crippen molar-refractivity contribution in [2.75, 3.05) is 11.9 Å². The number of aromatic nitrogens is 1. The molecule has 0 aliphatic rings. The highest BCUT2D eigenvalue weighted by molar-refractivity contribution is 7.17. The fourth-order valence-electron chi connectivity index (χ4n) is 0.613. The Hall–Kier alpha value is -0.610.